The fourth-order valence-corrected chi connectivity index (χ4v) is 4.29. The molecule has 1 amide bonds. The van der Waals surface area contributed by atoms with Gasteiger partial charge in [0.1, 0.15) is 6.04 Å². The van der Waals surface area contributed by atoms with E-state index in [2.05, 4.69) is 4.72 Å². The van der Waals surface area contributed by atoms with Crippen molar-refractivity contribution in [2.45, 2.75) is 38.1 Å². The molecule has 1 N–H and O–H groups in total. The van der Waals surface area contributed by atoms with Gasteiger partial charge in [0.2, 0.25) is 15.9 Å². The number of hydrogen-bond donors (Lipinski definition) is 1. The highest BCUT2D eigenvalue weighted by atomic mass is 32.2. The Bertz CT molecular complexity index is 739. The number of carbonyl (C=O) groups excluding carboxylic acids is 1. The van der Waals surface area contributed by atoms with Gasteiger partial charge in [-0.2, -0.15) is 4.72 Å². The molecule has 8 nitrogen and oxygen atoms in total. The maximum Gasteiger partial charge on any atom is 0.241 e. The van der Waals surface area contributed by atoms with Crippen molar-refractivity contribution in [2.24, 2.45) is 5.92 Å². The zero-order valence-electron chi connectivity index (χ0n) is 18.1. The lowest BCUT2D eigenvalue weighted by molar-refractivity contribution is -0.135. The van der Waals surface area contributed by atoms with E-state index >= 15 is 0 Å². The summed E-state index contributed by atoms with van der Waals surface area (Å²) in [5, 5.41) is 0. The van der Waals surface area contributed by atoms with Crippen molar-refractivity contribution < 1.29 is 27.4 Å². The third-order valence-electron chi connectivity index (χ3n) is 4.70. The smallest absolute Gasteiger partial charge is 0.241 e. The molecular formula is C21H34N2O6S. The molecule has 1 atom stereocenters. The van der Waals surface area contributed by atoms with Crippen molar-refractivity contribution >= 4 is 15.9 Å². The molecule has 0 radical (unpaired) electrons. The molecule has 9 heteroatoms. The van der Waals surface area contributed by atoms with E-state index in [0.29, 0.717) is 59.2 Å². The second-order valence-corrected chi connectivity index (χ2v) is 9.49. The summed E-state index contributed by atoms with van der Waals surface area (Å²) in [4.78, 5) is 15.0. The predicted molar refractivity (Wildman–Crippen MR) is 114 cm³/mol. The van der Waals surface area contributed by atoms with Gasteiger partial charge in [-0.3, -0.25) is 4.79 Å². The molecule has 0 bridgehead atoms. The van der Waals surface area contributed by atoms with Crippen LogP contribution < -0.4 is 4.72 Å². The van der Waals surface area contributed by atoms with Gasteiger partial charge in [0, 0.05) is 13.1 Å². The zero-order valence-corrected chi connectivity index (χ0v) is 18.9. The van der Waals surface area contributed by atoms with Crippen LogP contribution in [0.2, 0.25) is 0 Å². The Balaban J connectivity index is 2.13. The summed E-state index contributed by atoms with van der Waals surface area (Å²) in [6.45, 7) is 9.09. The molecule has 1 unspecified atom stereocenters. The summed E-state index contributed by atoms with van der Waals surface area (Å²) >= 11 is 0. The minimum absolute atomic E-state index is 0.136. The van der Waals surface area contributed by atoms with Crippen molar-refractivity contribution in [2.75, 3.05) is 52.7 Å². The minimum atomic E-state index is -3.82. The molecule has 1 aromatic rings. The topological polar surface area (TPSA) is 94.2 Å². The summed E-state index contributed by atoms with van der Waals surface area (Å²) in [6.07, 6.45) is 0.399. The van der Waals surface area contributed by atoms with Gasteiger partial charge in [-0.1, -0.05) is 31.5 Å². The number of nitrogens with zero attached hydrogens (tertiary/aromatic N) is 1. The van der Waals surface area contributed by atoms with Crippen LogP contribution in [-0.2, 0) is 29.0 Å². The van der Waals surface area contributed by atoms with Gasteiger partial charge in [-0.25, -0.2) is 8.42 Å². The Morgan fingerprint density at radius 3 is 1.97 bits per heavy atom. The standard InChI is InChI=1S/C21H34N2O6S/c1-17(2)16-20(22-30(25,26)19-6-4-18(3)5-7-19)21(24)23-8-10-27-12-14-29-15-13-28-11-9-23/h4-7,17,20,22H,8-16H2,1-3H3. The Labute approximate surface area is 179 Å². The average Bonchev–Trinajstić information content (AvgIpc) is 2.67. The number of benzene rings is 1. The number of hydrogen-bond acceptors (Lipinski definition) is 6. The lowest BCUT2D eigenvalue weighted by Gasteiger charge is -2.29. The largest absolute Gasteiger partial charge is 0.377 e. The monoisotopic (exact) mass is 442 g/mol. The maximum atomic E-state index is 13.3. The van der Waals surface area contributed by atoms with Crippen molar-refractivity contribution in [3.05, 3.63) is 29.8 Å². The number of carbonyl (C=O) groups is 1. The summed E-state index contributed by atoms with van der Waals surface area (Å²) in [7, 11) is -3.82. The molecule has 30 heavy (non-hydrogen) atoms. The number of rotatable bonds is 6. The third-order valence-corrected chi connectivity index (χ3v) is 6.19. The first-order chi connectivity index (χ1) is 14.3. The molecule has 1 aliphatic rings. The van der Waals surface area contributed by atoms with Crippen LogP contribution in [0.25, 0.3) is 0 Å². The van der Waals surface area contributed by atoms with Crippen LogP contribution in [0, 0.1) is 12.8 Å². The predicted octanol–water partition coefficient (Wildman–Crippen LogP) is 1.58. The Hall–Kier alpha value is -1.52. The molecule has 0 saturated carbocycles. The van der Waals surface area contributed by atoms with Crippen LogP contribution in [0.15, 0.2) is 29.2 Å². The lowest BCUT2D eigenvalue weighted by atomic mass is 10.0. The first kappa shape index (κ1) is 24.7. The van der Waals surface area contributed by atoms with Crippen LogP contribution in [0.1, 0.15) is 25.8 Å². The molecule has 1 aromatic carbocycles. The quantitative estimate of drug-likeness (QED) is 0.719. The molecule has 1 saturated heterocycles. The van der Waals surface area contributed by atoms with E-state index in [4.69, 9.17) is 14.2 Å². The van der Waals surface area contributed by atoms with Crippen molar-refractivity contribution in [3.63, 3.8) is 0 Å². The van der Waals surface area contributed by atoms with Crippen LogP contribution in [-0.4, -0.2) is 78.0 Å². The lowest BCUT2D eigenvalue weighted by Crippen LogP contribution is -2.50. The Kier molecular flexibility index (Phi) is 10.2. The highest BCUT2D eigenvalue weighted by Gasteiger charge is 2.30. The van der Waals surface area contributed by atoms with E-state index in [-0.39, 0.29) is 16.7 Å². The average molecular weight is 443 g/mol. The van der Waals surface area contributed by atoms with E-state index in [1.54, 1.807) is 29.2 Å². The van der Waals surface area contributed by atoms with Gasteiger partial charge in [0.15, 0.2) is 0 Å². The van der Waals surface area contributed by atoms with Gasteiger partial charge in [-0.15, -0.1) is 0 Å². The molecule has 0 aromatic heterocycles. The number of nitrogens with one attached hydrogen (secondary N) is 1. The number of aryl methyl sites for hydroxylation is 1. The van der Waals surface area contributed by atoms with Gasteiger partial charge in [-0.05, 0) is 31.4 Å². The van der Waals surface area contributed by atoms with Crippen LogP contribution >= 0.6 is 0 Å². The Morgan fingerprint density at radius 1 is 0.967 bits per heavy atom. The zero-order chi connectivity index (χ0) is 22.0. The summed E-state index contributed by atoms with van der Waals surface area (Å²) in [5.74, 6) is -0.128. The number of amides is 1. The van der Waals surface area contributed by atoms with Crippen molar-refractivity contribution in [1.82, 2.24) is 9.62 Å². The molecule has 0 aliphatic carbocycles. The van der Waals surface area contributed by atoms with E-state index in [0.717, 1.165) is 5.56 Å². The molecule has 1 fully saturated rings. The summed E-state index contributed by atoms with van der Waals surface area (Å²) in [6, 6.07) is 5.72. The fraction of sp³-hybridized carbons (Fsp3) is 0.667. The first-order valence-corrected chi connectivity index (χ1v) is 11.9. The van der Waals surface area contributed by atoms with E-state index in [9.17, 15) is 13.2 Å². The summed E-state index contributed by atoms with van der Waals surface area (Å²) < 4.78 is 44.8. The number of sulfonamides is 1. The Morgan fingerprint density at radius 2 is 1.47 bits per heavy atom. The van der Waals surface area contributed by atoms with E-state index in [1.807, 2.05) is 20.8 Å². The van der Waals surface area contributed by atoms with Crippen LogP contribution in [0.3, 0.4) is 0 Å². The second kappa shape index (κ2) is 12.4. The normalized spacial score (nSPS) is 18.5. The summed E-state index contributed by atoms with van der Waals surface area (Å²) in [5.41, 5.74) is 0.966. The van der Waals surface area contributed by atoms with Gasteiger partial charge in [0.25, 0.3) is 0 Å². The molecular weight excluding hydrogens is 408 g/mol. The van der Waals surface area contributed by atoms with E-state index in [1.165, 1.54) is 0 Å². The van der Waals surface area contributed by atoms with Crippen LogP contribution in [0.4, 0.5) is 0 Å². The molecule has 2 rings (SSSR count). The molecule has 1 heterocycles. The van der Waals surface area contributed by atoms with Gasteiger partial charge in [0.05, 0.1) is 44.5 Å². The molecule has 1 aliphatic heterocycles. The van der Waals surface area contributed by atoms with Gasteiger partial charge >= 0.3 is 0 Å². The third kappa shape index (κ3) is 8.31. The van der Waals surface area contributed by atoms with Crippen LogP contribution in [0.5, 0.6) is 0 Å². The highest BCUT2D eigenvalue weighted by Crippen LogP contribution is 2.15. The SMILES string of the molecule is Cc1ccc(S(=O)(=O)NC(CC(C)C)C(=O)N2CCOCCOCCOCC2)cc1. The first-order valence-electron chi connectivity index (χ1n) is 10.4. The fourth-order valence-electron chi connectivity index (χ4n) is 3.09. The minimum Gasteiger partial charge on any atom is -0.377 e. The van der Waals surface area contributed by atoms with Crippen molar-refractivity contribution in [3.8, 4) is 0 Å². The maximum absolute atomic E-state index is 13.3. The molecule has 0 spiro atoms. The highest BCUT2D eigenvalue weighted by molar-refractivity contribution is 7.89. The van der Waals surface area contributed by atoms with E-state index < -0.39 is 16.1 Å². The molecule has 170 valence electrons. The van der Waals surface area contributed by atoms with Gasteiger partial charge < -0.3 is 19.1 Å². The second-order valence-electron chi connectivity index (χ2n) is 7.78. The van der Waals surface area contributed by atoms with Crippen molar-refractivity contribution in [1.29, 1.82) is 0 Å². The number of ether oxygens (including phenoxy) is 3.